The maximum absolute atomic E-state index is 12.9. The molecule has 3 aromatic rings. The molecule has 6 heteroatoms. The van der Waals surface area contributed by atoms with Crippen LogP contribution < -0.4 is 15.4 Å². The van der Waals surface area contributed by atoms with Crippen molar-refractivity contribution in [3.63, 3.8) is 0 Å². The Hall–Kier alpha value is -3.41. The van der Waals surface area contributed by atoms with Gasteiger partial charge in [-0.1, -0.05) is 24.3 Å². The number of nitrogens with zero attached hydrogens (tertiary/aromatic N) is 1. The van der Waals surface area contributed by atoms with E-state index in [1.54, 1.807) is 31.5 Å². The fraction of sp³-hybridized carbons (Fsp3) is 0.217. The highest BCUT2D eigenvalue weighted by atomic mass is 19.1. The molecule has 0 radical (unpaired) electrons. The van der Waals surface area contributed by atoms with Crippen LogP contribution in [0.25, 0.3) is 0 Å². The van der Waals surface area contributed by atoms with Crippen LogP contribution in [0.4, 0.5) is 10.1 Å². The molecular formula is C23H24FN3O2. The van der Waals surface area contributed by atoms with Crippen LogP contribution in [0.5, 0.6) is 5.75 Å². The van der Waals surface area contributed by atoms with Crippen molar-refractivity contribution in [2.75, 3.05) is 25.5 Å². The average molecular weight is 393 g/mol. The number of hydrogen-bond donors (Lipinski definition) is 2. The minimum atomic E-state index is -0.233. The van der Waals surface area contributed by atoms with Crippen molar-refractivity contribution < 1.29 is 13.9 Å². The first-order valence-electron chi connectivity index (χ1n) is 9.49. The summed E-state index contributed by atoms with van der Waals surface area (Å²) in [5.41, 5.74) is 3.36. The number of aromatic nitrogens is 1. The molecule has 0 bridgehead atoms. The molecule has 150 valence electrons. The van der Waals surface area contributed by atoms with Gasteiger partial charge in [0.05, 0.1) is 19.0 Å². The lowest BCUT2D eigenvalue weighted by atomic mass is 10.1. The number of ether oxygens (including phenoxy) is 1. The van der Waals surface area contributed by atoms with Crippen LogP contribution >= 0.6 is 0 Å². The monoisotopic (exact) mass is 393 g/mol. The van der Waals surface area contributed by atoms with Crippen LogP contribution in [0.3, 0.4) is 0 Å². The van der Waals surface area contributed by atoms with Gasteiger partial charge in [-0.25, -0.2) is 9.37 Å². The van der Waals surface area contributed by atoms with Crippen molar-refractivity contribution >= 4 is 11.6 Å². The summed E-state index contributed by atoms with van der Waals surface area (Å²) in [6.07, 6.45) is 3.13. The smallest absolute Gasteiger partial charge is 0.269 e. The molecule has 0 unspecified atom stereocenters. The van der Waals surface area contributed by atoms with Crippen molar-refractivity contribution in [1.29, 1.82) is 0 Å². The number of hydrogen-bond acceptors (Lipinski definition) is 4. The normalized spacial score (nSPS) is 10.4. The van der Waals surface area contributed by atoms with E-state index in [-0.39, 0.29) is 11.7 Å². The first-order valence-corrected chi connectivity index (χ1v) is 9.49. The van der Waals surface area contributed by atoms with Crippen LogP contribution in [0.1, 0.15) is 21.6 Å². The lowest BCUT2D eigenvalue weighted by Crippen LogP contribution is -2.26. The van der Waals surface area contributed by atoms with Gasteiger partial charge < -0.3 is 15.4 Å². The molecule has 1 aromatic heterocycles. The lowest BCUT2D eigenvalue weighted by molar-refractivity contribution is 0.0949. The summed E-state index contributed by atoms with van der Waals surface area (Å²) in [4.78, 5) is 16.5. The third-order valence-electron chi connectivity index (χ3n) is 4.49. The molecule has 1 amide bonds. The maximum atomic E-state index is 12.9. The van der Waals surface area contributed by atoms with E-state index in [4.69, 9.17) is 4.74 Å². The zero-order valence-corrected chi connectivity index (χ0v) is 16.3. The lowest BCUT2D eigenvalue weighted by Gasteiger charge is -2.08. The molecule has 0 fully saturated rings. The van der Waals surface area contributed by atoms with E-state index in [0.717, 1.165) is 29.0 Å². The Kier molecular flexibility index (Phi) is 7.16. The summed E-state index contributed by atoms with van der Waals surface area (Å²) in [6, 6.07) is 17.8. The van der Waals surface area contributed by atoms with Crippen LogP contribution in [0.15, 0.2) is 66.9 Å². The number of benzene rings is 2. The van der Waals surface area contributed by atoms with Gasteiger partial charge in [0.1, 0.15) is 17.3 Å². The van der Waals surface area contributed by atoms with Crippen molar-refractivity contribution in [3.05, 3.63) is 89.5 Å². The predicted octanol–water partition coefficient (Wildman–Crippen LogP) is 3.86. The van der Waals surface area contributed by atoms with Crippen molar-refractivity contribution in [2.24, 2.45) is 0 Å². The van der Waals surface area contributed by atoms with E-state index in [2.05, 4.69) is 15.6 Å². The van der Waals surface area contributed by atoms with Crippen LogP contribution in [-0.2, 0) is 12.8 Å². The second-order valence-electron chi connectivity index (χ2n) is 6.59. The number of rotatable bonds is 9. The summed E-state index contributed by atoms with van der Waals surface area (Å²) in [5.74, 6) is 0.368. The molecule has 0 atom stereocenters. The number of carbonyl (C=O) groups excluding carboxylic acids is 1. The molecule has 29 heavy (non-hydrogen) atoms. The average Bonchev–Trinajstić information content (AvgIpc) is 2.76. The fourth-order valence-corrected chi connectivity index (χ4v) is 2.87. The Balaban J connectivity index is 1.42. The number of amides is 1. The largest absolute Gasteiger partial charge is 0.497 e. The maximum Gasteiger partial charge on any atom is 0.269 e. The van der Waals surface area contributed by atoms with Crippen LogP contribution in [0.2, 0.25) is 0 Å². The highest BCUT2D eigenvalue weighted by molar-refractivity contribution is 5.92. The van der Waals surface area contributed by atoms with E-state index in [1.165, 1.54) is 12.1 Å². The summed E-state index contributed by atoms with van der Waals surface area (Å²) in [5, 5.41) is 6.13. The third kappa shape index (κ3) is 6.31. The molecule has 2 N–H and O–H groups in total. The standard InChI is InChI=1S/C23H24FN3O2/c1-29-21-4-2-3-18(15-21)12-14-26-23(28)22-10-9-20(16-27-22)25-13-11-17-5-7-19(24)8-6-17/h2-10,15-16,25H,11-14H2,1H3,(H,26,28). The number of anilines is 1. The third-order valence-corrected chi connectivity index (χ3v) is 4.49. The topological polar surface area (TPSA) is 63.2 Å². The number of methoxy groups -OCH3 is 1. The summed E-state index contributed by atoms with van der Waals surface area (Å²) in [6.45, 7) is 1.21. The number of nitrogens with one attached hydrogen (secondary N) is 2. The van der Waals surface area contributed by atoms with Gasteiger partial charge in [-0.2, -0.15) is 0 Å². The summed E-state index contributed by atoms with van der Waals surface area (Å²) in [7, 11) is 1.63. The Morgan fingerprint density at radius 1 is 1.00 bits per heavy atom. The molecule has 5 nitrogen and oxygen atoms in total. The Labute approximate surface area is 169 Å². The first kappa shape index (κ1) is 20.3. The molecule has 0 saturated heterocycles. The second-order valence-corrected chi connectivity index (χ2v) is 6.59. The minimum absolute atomic E-state index is 0.203. The second kappa shape index (κ2) is 10.2. The molecule has 0 aliphatic rings. The molecular weight excluding hydrogens is 369 g/mol. The van der Waals surface area contributed by atoms with E-state index >= 15 is 0 Å². The molecule has 0 saturated carbocycles. The molecule has 3 rings (SSSR count). The SMILES string of the molecule is COc1cccc(CCNC(=O)c2ccc(NCCc3ccc(F)cc3)cn2)c1. The Bertz CT molecular complexity index is 928. The van der Waals surface area contributed by atoms with Gasteiger partial charge in [0.25, 0.3) is 5.91 Å². The van der Waals surface area contributed by atoms with Crippen molar-refractivity contribution in [3.8, 4) is 5.75 Å². The summed E-state index contributed by atoms with van der Waals surface area (Å²) >= 11 is 0. The molecule has 2 aromatic carbocycles. The van der Waals surface area contributed by atoms with Gasteiger partial charge in [0.2, 0.25) is 0 Å². The van der Waals surface area contributed by atoms with E-state index in [1.807, 2.05) is 30.3 Å². The van der Waals surface area contributed by atoms with E-state index < -0.39 is 0 Å². The van der Waals surface area contributed by atoms with Gasteiger partial charge in [0.15, 0.2) is 0 Å². The zero-order chi connectivity index (χ0) is 20.5. The molecule has 1 heterocycles. The highest BCUT2D eigenvalue weighted by Gasteiger charge is 2.07. The first-order chi connectivity index (χ1) is 14.1. The van der Waals surface area contributed by atoms with Gasteiger partial charge in [-0.3, -0.25) is 4.79 Å². The number of halogens is 1. The van der Waals surface area contributed by atoms with Crippen LogP contribution in [-0.4, -0.2) is 31.1 Å². The fourth-order valence-electron chi connectivity index (χ4n) is 2.87. The predicted molar refractivity (Wildman–Crippen MR) is 112 cm³/mol. The highest BCUT2D eigenvalue weighted by Crippen LogP contribution is 2.13. The summed E-state index contributed by atoms with van der Waals surface area (Å²) < 4.78 is 18.1. The van der Waals surface area contributed by atoms with Gasteiger partial charge in [0, 0.05) is 13.1 Å². The van der Waals surface area contributed by atoms with Crippen LogP contribution in [0, 0.1) is 5.82 Å². The molecule has 0 aliphatic carbocycles. The van der Waals surface area contributed by atoms with Crippen molar-refractivity contribution in [1.82, 2.24) is 10.3 Å². The van der Waals surface area contributed by atoms with Gasteiger partial charge >= 0.3 is 0 Å². The van der Waals surface area contributed by atoms with Crippen molar-refractivity contribution in [2.45, 2.75) is 12.8 Å². The number of pyridine rings is 1. The molecule has 0 spiro atoms. The van der Waals surface area contributed by atoms with E-state index in [9.17, 15) is 9.18 Å². The quantitative estimate of drug-likeness (QED) is 0.580. The Morgan fingerprint density at radius 3 is 2.52 bits per heavy atom. The van der Waals surface area contributed by atoms with Gasteiger partial charge in [-0.05, 0) is 60.4 Å². The van der Waals surface area contributed by atoms with Gasteiger partial charge in [-0.15, -0.1) is 0 Å². The Morgan fingerprint density at radius 2 is 1.79 bits per heavy atom. The zero-order valence-electron chi connectivity index (χ0n) is 16.3. The number of carbonyl (C=O) groups is 1. The molecule has 0 aliphatic heterocycles. The van der Waals surface area contributed by atoms with E-state index in [0.29, 0.717) is 25.2 Å². The minimum Gasteiger partial charge on any atom is -0.497 e.